The number of nitrogens with one attached hydrogen (secondary N) is 1. The van der Waals surface area contributed by atoms with Crippen LogP contribution in [0.1, 0.15) is 34.1 Å². The summed E-state index contributed by atoms with van der Waals surface area (Å²) in [6.07, 6.45) is 4.67. The predicted molar refractivity (Wildman–Crippen MR) is 75.4 cm³/mol. The number of hydrogen-bond acceptors (Lipinski definition) is 4. The highest BCUT2D eigenvalue weighted by Crippen LogP contribution is 2.28. The Morgan fingerprint density at radius 1 is 1.56 bits per heavy atom. The second kappa shape index (κ2) is 6.26. The molecule has 2 unspecified atom stereocenters. The molecule has 0 aliphatic rings. The van der Waals surface area contributed by atoms with Crippen molar-refractivity contribution in [2.45, 2.75) is 55.8 Å². The van der Waals surface area contributed by atoms with Gasteiger partial charge in [0.1, 0.15) is 5.54 Å². The Bertz CT molecular complexity index is 421. The molecule has 0 aromatic carbocycles. The van der Waals surface area contributed by atoms with Crippen molar-refractivity contribution in [2.24, 2.45) is 7.05 Å². The molecule has 0 aliphatic heterocycles. The molecule has 0 fully saturated rings. The summed E-state index contributed by atoms with van der Waals surface area (Å²) in [5.74, 6) is 0. The van der Waals surface area contributed by atoms with Crippen LogP contribution in [-0.2, 0) is 7.05 Å². The molecule has 4 nitrogen and oxygen atoms in total. The standard InChI is InChI=1S/C13H22N4S/c1-10(2)16-13(4,9-14)6-11(3)18-12-7-15-17(5)8-12/h7-8,10-11,16H,6H2,1-5H3. The van der Waals surface area contributed by atoms with Crippen LogP contribution in [0.4, 0.5) is 0 Å². The van der Waals surface area contributed by atoms with Gasteiger partial charge in [0.25, 0.3) is 0 Å². The lowest BCUT2D eigenvalue weighted by Crippen LogP contribution is -2.46. The molecule has 0 saturated heterocycles. The number of aryl methyl sites for hydroxylation is 1. The van der Waals surface area contributed by atoms with Crippen LogP contribution >= 0.6 is 11.8 Å². The Morgan fingerprint density at radius 2 is 2.22 bits per heavy atom. The summed E-state index contributed by atoms with van der Waals surface area (Å²) >= 11 is 1.76. The van der Waals surface area contributed by atoms with Crippen molar-refractivity contribution >= 4 is 11.8 Å². The molecule has 0 radical (unpaired) electrons. The molecular weight excluding hydrogens is 244 g/mol. The van der Waals surface area contributed by atoms with Gasteiger partial charge in [0, 0.05) is 29.4 Å². The molecule has 1 rings (SSSR count). The van der Waals surface area contributed by atoms with Gasteiger partial charge in [-0.05, 0) is 27.2 Å². The molecule has 0 spiro atoms. The molecular formula is C13H22N4S. The summed E-state index contributed by atoms with van der Waals surface area (Å²) in [6.45, 7) is 8.24. The van der Waals surface area contributed by atoms with Crippen LogP contribution in [0.2, 0.25) is 0 Å². The molecule has 0 aliphatic carbocycles. The first-order chi connectivity index (χ1) is 8.34. The first-order valence-electron chi connectivity index (χ1n) is 6.19. The lowest BCUT2D eigenvalue weighted by molar-refractivity contribution is 0.382. The summed E-state index contributed by atoms with van der Waals surface area (Å²) in [4.78, 5) is 1.15. The van der Waals surface area contributed by atoms with E-state index in [1.54, 1.807) is 16.4 Å². The Labute approximate surface area is 114 Å². The zero-order valence-corrected chi connectivity index (χ0v) is 12.6. The summed E-state index contributed by atoms with van der Waals surface area (Å²) in [5, 5.41) is 17.2. The number of rotatable bonds is 6. The average molecular weight is 266 g/mol. The third-order valence-corrected chi connectivity index (χ3v) is 3.62. The van der Waals surface area contributed by atoms with Gasteiger partial charge < -0.3 is 0 Å². The molecule has 1 N–H and O–H groups in total. The third kappa shape index (κ3) is 4.71. The summed E-state index contributed by atoms with van der Waals surface area (Å²) in [6, 6.07) is 2.70. The number of hydrogen-bond donors (Lipinski definition) is 1. The largest absolute Gasteiger partial charge is 0.297 e. The van der Waals surface area contributed by atoms with E-state index in [-0.39, 0.29) is 0 Å². The molecule has 1 heterocycles. The predicted octanol–water partition coefficient (Wildman–Crippen LogP) is 2.57. The highest BCUT2D eigenvalue weighted by Gasteiger charge is 2.27. The molecule has 18 heavy (non-hydrogen) atoms. The van der Waals surface area contributed by atoms with Crippen LogP contribution in [0.15, 0.2) is 17.3 Å². The Hall–Kier alpha value is -0.990. The molecule has 1 aromatic heterocycles. The van der Waals surface area contributed by atoms with Crippen molar-refractivity contribution in [3.8, 4) is 6.07 Å². The van der Waals surface area contributed by atoms with Gasteiger partial charge in [0.15, 0.2) is 0 Å². The van der Waals surface area contributed by atoms with Crippen LogP contribution in [0, 0.1) is 11.3 Å². The van der Waals surface area contributed by atoms with E-state index in [9.17, 15) is 5.26 Å². The van der Waals surface area contributed by atoms with E-state index >= 15 is 0 Å². The highest BCUT2D eigenvalue weighted by molar-refractivity contribution is 7.99. The second-order valence-electron chi connectivity index (χ2n) is 5.23. The second-order valence-corrected chi connectivity index (χ2v) is 6.74. The van der Waals surface area contributed by atoms with Crippen molar-refractivity contribution in [3.05, 3.63) is 12.4 Å². The first-order valence-corrected chi connectivity index (χ1v) is 7.07. The monoisotopic (exact) mass is 266 g/mol. The lowest BCUT2D eigenvalue weighted by atomic mass is 9.97. The number of nitrogens with zero attached hydrogens (tertiary/aromatic N) is 3. The summed E-state index contributed by atoms with van der Waals surface area (Å²) in [7, 11) is 1.91. The van der Waals surface area contributed by atoms with Crippen molar-refractivity contribution in [2.75, 3.05) is 0 Å². The molecule has 100 valence electrons. The maximum atomic E-state index is 9.32. The zero-order valence-electron chi connectivity index (χ0n) is 11.8. The van der Waals surface area contributed by atoms with E-state index in [1.807, 2.05) is 26.4 Å². The molecule has 0 saturated carbocycles. The number of aromatic nitrogens is 2. The minimum absolute atomic E-state index is 0.310. The maximum absolute atomic E-state index is 9.32. The fourth-order valence-electron chi connectivity index (χ4n) is 2.08. The van der Waals surface area contributed by atoms with Gasteiger partial charge in [-0.15, -0.1) is 11.8 Å². The van der Waals surface area contributed by atoms with E-state index in [4.69, 9.17) is 0 Å². The van der Waals surface area contributed by atoms with Gasteiger partial charge in [-0.25, -0.2) is 0 Å². The fourth-order valence-corrected chi connectivity index (χ4v) is 3.29. The molecule has 0 bridgehead atoms. The molecule has 1 aromatic rings. The van der Waals surface area contributed by atoms with E-state index in [0.717, 1.165) is 11.3 Å². The fraction of sp³-hybridized carbons (Fsp3) is 0.692. The van der Waals surface area contributed by atoms with E-state index in [1.165, 1.54) is 0 Å². The van der Waals surface area contributed by atoms with Gasteiger partial charge in [0.2, 0.25) is 0 Å². The highest BCUT2D eigenvalue weighted by atomic mass is 32.2. The Morgan fingerprint density at radius 3 is 2.67 bits per heavy atom. The summed E-state index contributed by atoms with van der Waals surface area (Å²) in [5.41, 5.74) is -0.469. The third-order valence-electron chi connectivity index (χ3n) is 2.57. The SMILES string of the molecule is CC(C)NC(C)(C#N)CC(C)Sc1cnn(C)c1. The first kappa shape index (κ1) is 15.1. The zero-order chi connectivity index (χ0) is 13.8. The average Bonchev–Trinajstić information content (AvgIpc) is 2.62. The molecule has 2 atom stereocenters. The van der Waals surface area contributed by atoms with Gasteiger partial charge >= 0.3 is 0 Å². The minimum atomic E-state index is -0.469. The van der Waals surface area contributed by atoms with E-state index < -0.39 is 5.54 Å². The van der Waals surface area contributed by atoms with Crippen LogP contribution < -0.4 is 5.32 Å². The van der Waals surface area contributed by atoms with Gasteiger partial charge in [-0.2, -0.15) is 10.4 Å². The van der Waals surface area contributed by atoms with Crippen LogP contribution in [0.5, 0.6) is 0 Å². The van der Waals surface area contributed by atoms with Crippen molar-refractivity contribution in [3.63, 3.8) is 0 Å². The van der Waals surface area contributed by atoms with Gasteiger partial charge in [0.05, 0.1) is 12.3 Å². The van der Waals surface area contributed by atoms with Crippen LogP contribution in [0.3, 0.4) is 0 Å². The summed E-state index contributed by atoms with van der Waals surface area (Å²) < 4.78 is 1.80. The molecule has 0 amide bonds. The maximum Gasteiger partial charge on any atom is 0.105 e. The van der Waals surface area contributed by atoms with Crippen molar-refractivity contribution in [1.29, 1.82) is 5.26 Å². The smallest absolute Gasteiger partial charge is 0.105 e. The van der Waals surface area contributed by atoms with Gasteiger partial charge in [-0.3, -0.25) is 10.00 Å². The Balaban J connectivity index is 2.57. The normalized spacial score (nSPS) is 16.3. The minimum Gasteiger partial charge on any atom is -0.297 e. The van der Waals surface area contributed by atoms with Crippen LogP contribution in [0.25, 0.3) is 0 Å². The van der Waals surface area contributed by atoms with Gasteiger partial charge in [-0.1, -0.05) is 6.92 Å². The number of nitriles is 1. The van der Waals surface area contributed by atoms with E-state index in [2.05, 4.69) is 37.3 Å². The van der Waals surface area contributed by atoms with E-state index in [0.29, 0.717) is 11.3 Å². The molecule has 5 heteroatoms. The van der Waals surface area contributed by atoms with Crippen molar-refractivity contribution in [1.82, 2.24) is 15.1 Å². The topological polar surface area (TPSA) is 53.6 Å². The number of thioether (sulfide) groups is 1. The Kier molecular flexibility index (Phi) is 5.24. The lowest BCUT2D eigenvalue weighted by Gasteiger charge is -2.28. The quantitative estimate of drug-likeness (QED) is 0.804. The van der Waals surface area contributed by atoms with Crippen molar-refractivity contribution < 1.29 is 0 Å². The van der Waals surface area contributed by atoms with Crippen LogP contribution in [-0.4, -0.2) is 26.6 Å².